The Morgan fingerprint density at radius 2 is 2.26 bits per heavy atom. The summed E-state index contributed by atoms with van der Waals surface area (Å²) in [5.41, 5.74) is 3.01. The number of aromatic hydroxyl groups is 1. The molecule has 2 N–H and O–H groups in total. The lowest BCUT2D eigenvalue weighted by atomic mass is 10.0. The van der Waals surface area contributed by atoms with Gasteiger partial charge in [0, 0.05) is 11.1 Å². The lowest BCUT2D eigenvalue weighted by Gasteiger charge is -2.14. The number of nitrogens with zero attached hydrogens (tertiary/aromatic N) is 1. The maximum Gasteiger partial charge on any atom is 0.207 e. The van der Waals surface area contributed by atoms with Crippen LogP contribution in [0.25, 0.3) is 10.4 Å². The third kappa shape index (κ3) is 2.58. The van der Waals surface area contributed by atoms with Gasteiger partial charge in [-0.25, -0.2) is 9.37 Å². The summed E-state index contributed by atoms with van der Waals surface area (Å²) in [5, 5.41) is 12.4. The Bertz CT molecular complexity index is 613. The zero-order chi connectivity index (χ0) is 14.0. The molecule has 0 fully saturated rings. The number of nitrogens with one attached hydrogen (secondary N) is 1. The van der Waals surface area contributed by atoms with E-state index in [1.54, 1.807) is 19.4 Å². The van der Waals surface area contributed by atoms with E-state index in [0.29, 0.717) is 22.4 Å². The van der Waals surface area contributed by atoms with E-state index in [9.17, 15) is 14.3 Å². The number of benzene rings is 1. The molecule has 0 spiro atoms. The van der Waals surface area contributed by atoms with Gasteiger partial charge in [0.1, 0.15) is 11.6 Å². The molecule has 6 heteroatoms. The molecule has 1 heterocycles. The number of aryl methyl sites for hydroxylation is 1. The Morgan fingerprint density at radius 1 is 1.53 bits per heavy atom. The van der Waals surface area contributed by atoms with Gasteiger partial charge in [-0.2, -0.15) is 0 Å². The first kappa shape index (κ1) is 13.5. The first-order valence-electron chi connectivity index (χ1n) is 5.67. The number of rotatable bonds is 4. The van der Waals surface area contributed by atoms with Crippen LogP contribution in [0.5, 0.6) is 5.75 Å². The van der Waals surface area contributed by atoms with Crippen molar-refractivity contribution < 1.29 is 14.3 Å². The molecular weight excluding hydrogens is 267 g/mol. The number of amides is 1. The smallest absolute Gasteiger partial charge is 0.207 e. The highest BCUT2D eigenvalue weighted by Crippen LogP contribution is 2.35. The molecule has 0 aliphatic rings. The number of phenols is 1. The molecule has 0 aliphatic carbocycles. The number of phenolic OH excluding ortho intramolecular Hbond substituents is 1. The number of carbonyl (C=O) groups excluding carboxylic acids is 1. The van der Waals surface area contributed by atoms with Gasteiger partial charge in [0.15, 0.2) is 0 Å². The second kappa shape index (κ2) is 5.36. The normalized spacial score (nSPS) is 12.2. The monoisotopic (exact) mass is 280 g/mol. The summed E-state index contributed by atoms with van der Waals surface area (Å²) in [6, 6.07) is 2.16. The molecule has 1 aromatic carbocycles. The molecule has 100 valence electrons. The summed E-state index contributed by atoms with van der Waals surface area (Å²) in [6.07, 6.45) is 0.517. The van der Waals surface area contributed by atoms with Crippen molar-refractivity contribution in [2.45, 2.75) is 19.9 Å². The van der Waals surface area contributed by atoms with Crippen LogP contribution in [0.3, 0.4) is 0 Å². The minimum Gasteiger partial charge on any atom is -0.508 e. The minimum atomic E-state index is -0.455. The first-order chi connectivity index (χ1) is 9.04. The average molecular weight is 280 g/mol. The molecular formula is C13H13FN2O2S. The standard InChI is InChI=1S/C13H13FN2O2S/c1-7(15-5-17)9-3-11(14)10(4-12(9)18)13-8(2)16-6-19-13/h3-7,18H,1-2H3,(H,15,17). The summed E-state index contributed by atoms with van der Waals surface area (Å²) < 4.78 is 14.1. The first-order valence-corrected chi connectivity index (χ1v) is 6.55. The van der Waals surface area contributed by atoms with Crippen LogP contribution in [0.2, 0.25) is 0 Å². The highest BCUT2D eigenvalue weighted by atomic mass is 32.1. The van der Waals surface area contributed by atoms with Crippen molar-refractivity contribution in [3.63, 3.8) is 0 Å². The van der Waals surface area contributed by atoms with E-state index in [1.165, 1.54) is 23.5 Å². The molecule has 0 aliphatic heterocycles. The molecule has 0 bridgehead atoms. The van der Waals surface area contributed by atoms with Gasteiger partial charge in [-0.3, -0.25) is 4.79 Å². The molecule has 4 nitrogen and oxygen atoms in total. The Morgan fingerprint density at radius 3 is 2.84 bits per heavy atom. The van der Waals surface area contributed by atoms with E-state index in [2.05, 4.69) is 10.3 Å². The van der Waals surface area contributed by atoms with Gasteiger partial charge in [-0.05, 0) is 26.0 Å². The predicted octanol–water partition coefficient (Wildman–Crippen LogP) is 2.77. The molecule has 1 atom stereocenters. The minimum absolute atomic E-state index is 0.0500. The van der Waals surface area contributed by atoms with Crippen LogP contribution in [-0.4, -0.2) is 16.5 Å². The topological polar surface area (TPSA) is 62.2 Å². The Kier molecular flexibility index (Phi) is 3.80. The summed E-state index contributed by atoms with van der Waals surface area (Å²) in [7, 11) is 0. The Labute approximate surface area is 113 Å². The van der Waals surface area contributed by atoms with Crippen LogP contribution in [0.15, 0.2) is 17.6 Å². The number of halogens is 1. The molecule has 1 amide bonds. The second-order valence-electron chi connectivity index (χ2n) is 4.16. The van der Waals surface area contributed by atoms with Crippen LogP contribution < -0.4 is 5.32 Å². The quantitative estimate of drug-likeness (QED) is 0.846. The van der Waals surface area contributed by atoms with Gasteiger partial charge >= 0.3 is 0 Å². The second-order valence-corrected chi connectivity index (χ2v) is 5.02. The maximum atomic E-state index is 14.1. The van der Waals surface area contributed by atoms with Crippen LogP contribution in [0, 0.1) is 12.7 Å². The molecule has 0 radical (unpaired) electrons. The fourth-order valence-corrected chi connectivity index (χ4v) is 2.67. The van der Waals surface area contributed by atoms with Crippen LogP contribution >= 0.6 is 11.3 Å². The summed E-state index contributed by atoms with van der Waals surface area (Å²) in [4.78, 5) is 15.1. The van der Waals surface area contributed by atoms with E-state index in [0.717, 1.165) is 5.69 Å². The van der Waals surface area contributed by atoms with E-state index < -0.39 is 11.9 Å². The largest absolute Gasteiger partial charge is 0.508 e. The third-order valence-corrected chi connectivity index (χ3v) is 3.85. The Balaban J connectivity index is 2.48. The number of carbonyl (C=O) groups is 1. The summed E-state index contributed by atoms with van der Waals surface area (Å²) in [6.45, 7) is 3.45. The predicted molar refractivity (Wildman–Crippen MR) is 71.5 cm³/mol. The van der Waals surface area contributed by atoms with Gasteiger partial charge in [0.05, 0.1) is 22.1 Å². The fraction of sp³-hybridized carbons (Fsp3) is 0.231. The zero-order valence-corrected chi connectivity index (χ0v) is 11.3. The van der Waals surface area contributed by atoms with Crippen LogP contribution in [0.4, 0.5) is 4.39 Å². The van der Waals surface area contributed by atoms with Crippen molar-refractivity contribution >= 4 is 17.7 Å². The number of hydrogen-bond donors (Lipinski definition) is 2. The lowest BCUT2D eigenvalue weighted by Crippen LogP contribution is -2.16. The van der Waals surface area contributed by atoms with E-state index in [4.69, 9.17) is 0 Å². The van der Waals surface area contributed by atoms with E-state index >= 15 is 0 Å². The average Bonchev–Trinajstić information content (AvgIpc) is 2.78. The van der Waals surface area contributed by atoms with Crippen molar-refractivity contribution in [2.24, 2.45) is 0 Å². The number of aromatic nitrogens is 1. The number of hydrogen-bond acceptors (Lipinski definition) is 4. The SMILES string of the molecule is Cc1ncsc1-c1cc(O)c(C(C)NC=O)cc1F. The fourth-order valence-electron chi connectivity index (χ4n) is 1.85. The van der Waals surface area contributed by atoms with Crippen molar-refractivity contribution in [3.8, 4) is 16.2 Å². The lowest BCUT2D eigenvalue weighted by molar-refractivity contribution is -0.110. The highest BCUT2D eigenvalue weighted by molar-refractivity contribution is 7.13. The van der Waals surface area contributed by atoms with Gasteiger partial charge in [0.25, 0.3) is 0 Å². The van der Waals surface area contributed by atoms with E-state index in [1.807, 2.05) is 0 Å². The highest BCUT2D eigenvalue weighted by Gasteiger charge is 2.17. The molecule has 0 saturated heterocycles. The third-order valence-electron chi connectivity index (χ3n) is 2.89. The molecule has 1 unspecified atom stereocenters. The molecule has 0 saturated carbocycles. The van der Waals surface area contributed by atoms with Gasteiger partial charge in [0.2, 0.25) is 6.41 Å². The van der Waals surface area contributed by atoms with Crippen molar-refractivity contribution in [1.82, 2.24) is 10.3 Å². The van der Waals surface area contributed by atoms with Crippen LogP contribution in [0.1, 0.15) is 24.2 Å². The zero-order valence-electron chi connectivity index (χ0n) is 10.5. The summed E-state index contributed by atoms with van der Waals surface area (Å²) in [5.74, 6) is -0.495. The molecule has 2 rings (SSSR count). The molecule has 1 aromatic heterocycles. The van der Waals surface area contributed by atoms with Crippen molar-refractivity contribution in [1.29, 1.82) is 0 Å². The van der Waals surface area contributed by atoms with Gasteiger partial charge < -0.3 is 10.4 Å². The molecule has 2 aromatic rings. The summed E-state index contributed by atoms with van der Waals surface area (Å²) >= 11 is 1.32. The molecule has 19 heavy (non-hydrogen) atoms. The van der Waals surface area contributed by atoms with Gasteiger partial charge in [-0.1, -0.05) is 0 Å². The van der Waals surface area contributed by atoms with E-state index in [-0.39, 0.29) is 5.75 Å². The Hall–Kier alpha value is -1.95. The number of thiazole rings is 1. The van der Waals surface area contributed by atoms with Crippen molar-refractivity contribution in [3.05, 3.63) is 34.7 Å². The van der Waals surface area contributed by atoms with Crippen LogP contribution in [-0.2, 0) is 4.79 Å². The van der Waals surface area contributed by atoms with Gasteiger partial charge in [-0.15, -0.1) is 11.3 Å². The maximum absolute atomic E-state index is 14.1. The van der Waals surface area contributed by atoms with Crippen molar-refractivity contribution in [2.75, 3.05) is 0 Å².